The zero-order valence-electron chi connectivity index (χ0n) is 14.0. The number of hydrogen-bond acceptors (Lipinski definition) is 4. The number of halogens is 2. The third kappa shape index (κ3) is 2.45. The Morgan fingerprint density at radius 2 is 1.81 bits per heavy atom. The highest BCUT2D eigenvalue weighted by molar-refractivity contribution is 6.19. The second-order valence-corrected chi connectivity index (χ2v) is 6.70. The molecule has 132 valence electrons. The quantitative estimate of drug-likeness (QED) is 0.732. The fourth-order valence-electron chi connectivity index (χ4n) is 3.41. The van der Waals surface area contributed by atoms with E-state index < -0.39 is 17.2 Å². The maximum Gasteiger partial charge on any atom is 0.274 e. The molecule has 0 unspecified atom stereocenters. The molecule has 1 aromatic carbocycles. The molecular weight excluding hydrogens is 350 g/mol. The van der Waals surface area contributed by atoms with Crippen LogP contribution in [0.4, 0.5) is 8.78 Å². The molecule has 0 atom stereocenters. The van der Waals surface area contributed by atoms with Crippen LogP contribution in [0.25, 0.3) is 0 Å². The summed E-state index contributed by atoms with van der Waals surface area (Å²) in [5, 5.41) is 0. The standard InChI is InChI=1S/C20H12F2N4O/c21-14-8-13(4-3-12-2-1-7-23-10-12)9-15(22)17(14)16-11-26-19(24-16)25-18(27)20(26)5-6-20/h1-2,7-10H,5-6,11H2. The summed E-state index contributed by atoms with van der Waals surface area (Å²) < 4.78 is 29.2. The summed E-state index contributed by atoms with van der Waals surface area (Å²) in [5.41, 5.74) is 0.308. The second kappa shape index (κ2) is 5.55. The lowest BCUT2D eigenvalue weighted by molar-refractivity contribution is -0.121. The number of aromatic nitrogens is 1. The molecule has 1 spiro atoms. The van der Waals surface area contributed by atoms with E-state index in [0.29, 0.717) is 18.4 Å². The SMILES string of the molecule is O=C1N=C2N=C(c3c(F)cc(C#Cc4cccnc4)cc3F)CN2C12CC2. The Labute approximate surface area is 153 Å². The van der Waals surface area contributed by atoms with Gasteiger partial charge in [0.25, 0.3) is 5.91 Å². The molecule has 2 aliphatic heterocycles. The minimum Gasteiger partial charge on any atom is -0.320 e. The summed E-state index contributed by atoms with van der Waals surface area (Å²) in [4.78, 5) is 25.7. The van der Waals surface area contributed by atoms with Crippen molar-refractivity contribution in [2.24, 2.45) is 9.98 Å². The largest absolute Gasteiger partial charge is 0.320 e. The molecule has 0 N–H and O–H groups in total. The van der Waals surface area contributed by atoms with Crippen LogP contribution in [0.2, 0.25) is 0 Å². The Morgan fingerprint density at radius 1 is 1.07 bits per heavy atom. The fraction of sp³-hybridized carbons (Fsp3) is 0.200. The first-order chi connectivity index (χ1) is 13.1. The Morgan fingerprint density at radius 3 is 2.48 bits per heavy atom. The molecule has 1 aliphatic carbocycles. The number of fused-ring (bicyclic) bond motifs is 2. The highest BCUT2D eigenvalue weighted by Gasteiger charge is 2.61. The van der Waals surface area contributed by atoms with Crippen LogP contribution in [-0.2, 0) is 4.79 Å². The zero-order chi connectivity index (χ0) is 18.6. The Hall–Kier alpha value is -3.40. The normalized spacial score (nSPS) is 18.7. The number of nitrogens with zero attached hydrogens (tertiary/aromatic N) is 4. The minimum absolute atomic E-state index is 0.180. The van der Waals surface area contributed by atoms with Gasteiger partial charge in [-0.3, -0.25) is 9.78 Å². The minimum atomic E-state index is -0.734. The van der Waals surface area contributed by atoms with Gasteiger partial charge in [-0.05, 0) is 37.1 Å². The van der Waals surface area contributed by atoms with Crippen LogP contribution in [0.3, 0.4) is 0 Å². The molecule has 0 bridgehead atoms. The summed E-state index contributed by atoms with van der Waals surface area (Å²) in [7, 11) is 0. The fourth-order valence-corrected chi connectivity index (χ4v) is 3.41. The van der Waals surface area contributed by atoms with E-state index in [2.05, 4.69) is 26.8 Å². The molecule has 0 saturated heterocycles. The predicted octanol–water partition coefficient (Wildman–Crippen LogP) is 2.29. The number of rotatable bonds is 1. The van der Waals surface area contributed by atoms with Gasteiger partial charge in [0.1, 0.15) is 17.2 Å². The Balaban J connectivity index is 1.47. The van der Waals surface area contributed by atoms with E-state index in [-0.39, 0.29) is 35.3 Å². The van der Waals surface area contributed by atoms with Crippen LogP contribution < -0.4 is 0 Å². The van der Waals surface area contributed by atoms with Gasteiger partial charge in [-0.1, -0.05) is 11.8 Å². The van der Waals surface area contributed by atoms with Crippen molar-refractivity contribution < 1.29 is 13.6 Å². The van der Waals surface area contributed by atoms with Gasteiger partial charge in [0.15, 0.2) is 0 Å². The molecule has 3 aliphatic rings. The molecule has 5 rings (SSSR count). The maximum atomic E-state index is 14.6. The summed E-state index contributed by atoms with van der Waals surface area (Å²) in [6, 6.07) is 5.87. The van der Waals surface area contributed by atoms with Crippen LogP contribution in [0.5, 0.6) is 0 Å². The van der Waals surface area contributed by atoms with Crippen molar-refractivity contribution in [3.63, 3.8) is 0 Å². The molecule has 5 nitrogen and oxygen atoms in total. The molecule has 1 amide bonds. The molecule has 1 saturated carbocycles. The summed E-state index contributed by atoms with van der Waals surface area (Å²) in [6.45, 7) is 0.180. The number of amides is 1. The predicted molar refractivity (Wildman–Crippen MR) is 94.2 cm³/mol. The molecule has 1 fully saturated rings. The number of carbonyl (C=O) groups excluding carboxylic acids is 1. The van der Waals surface area contributed by atoms with Crippen LogP contribution in [0.1, 0.15) is 29.5 Å². The first-order valence-corrected chi connectivity index (χ1v) is 8.47. The van der Waals surface area contributed by atoms with Crippen molar-refractivity contribution >= 4 is 17.6 Å². The van der Waals surface area contributed by atoms with E-state index in [0.717, 1.165) is 0 Å². The van der Waals surface area contributed by atoms with Gasteiger partial charge in [0.2, 0.25) is 5.96 Å². The zero-order valence-corrected chi connectivity index (χ0v) is 14.0. The number of carbonyl (C=O) groups is 1. The third-order valence-electron chi connectivity index (χ3n) is 4.97. The summed E-state index contributed by atoms with van der Waals surface area (Å²) in [6.07, 6.45) is 4.60. The topological polar surface area (TPSA) is 57.9 Å². The van der Waals surface area contributed by atoms with Crippen LogP contribution in [-0.4, -0.2) is 39.5 Å². The average molecular weight is 362 g/mol. The highest BCUT2D eigenvalue weighted by atomic mass is 19.1. The van der Waals surface area contributed by atoms with E-state index in [4.69, 9.17) is 0 Å². The van der Waals surface area contributed by atoms with Gasteiger partial charge < -0.3 is 4.90 Å². The van der Waals surface area contributed by atoms with E-state index in [9.17, 15) is 13.6 Å². The smallest absolute Gasteiger partial charge is 0.274 e. The first-order valence-electron chi connectivity index (χ1n) is 8.47. The van der Waals surface area contributed by atoms with E-state index in [1.807, 2.05) is 0 Å². The van der Waals surface area contributed by atoms with Crippen molar-refractivity contribution in [1.29, 1.82) is 0 Å². The van der Waals surface area contributed by atoms with Crippen LogP contribution in [0.15, 0.2) is 46.6 Å². The summed E-state index contributed by atoms with van der Waals surface area (Å²) in [5.74, 6) is 4.14. The summed E-state index contributed by atoms with van der Waals surface area (Å²) >= 11 is 0. The monoisotopic (exact) mass is 362 g/mol. The maximum absolute atomic E-state index is 14.6. The number of aliphatic imine (C=N–C) groups is 2. The van der Waals surface area contributed by atoms with Gasteiger partial charge in [-0.15, -0.1) is 0 Å². The average Bonchev–Trinajstić information content (AvgIpc) is 3.30. The molecule has 1 aromatic heterocycles. The van der Waals surface area contributed by atoms with Crippen LogP contribution >= 0.6 is 0 Å². The lowest BCUT2D eigenvalue weighted by Crippen LogP contribution is -2.39. The molecular formula is C20H12F2N4O. The second-order valence-electron chi connectivity index (χ2n) is 6.70. The van der Waals surface area contributed by atoms with E-state index in [1.54, 1.807) is 29.4 Å². The Bertz CT molecular complexity index is 1080. The van der Waals surface area contributed by atoms with E-state index in [1.165, 1.54) is 12.1 Å². The van der Waals surface area contributed by atoms with Gasteiger partial charge >= 0.3 is 0 Å². The molecule has 27 heavy (non-hydrogen) atoms. The Kier molecular flexibility index (Phi) is 3.25. The molecule has 3 heterocycles. The molecule has 7 heteroatoms. The van der Waals surface area contributed by atoms with E-state index >= 15 is 0 Å². The molecule has 2 aromatic rings. The van der Waals surface area contributed by atoms with Crippen molar-refractivity contribution in [1.82, 2.24) is 9.88 Å². The number of hydrogen-bond donors (Lipinski definition) is 0. The third-order valence-corrected chi connectivity index (χ3v) is 4.97. The van der Waals surface area contributed by atoms with Gasteiger partial charge in [-0.2, -0.15) is 4.99 Å². The van der Waals surface area contributed by atoms with Crippen molar-refractivity contribution in [3.8, 4) is 11.8 Å². The number of benzene rings is 1. The molecule has 0 radical (unpaired) electrons. The lowest BCUT2D eigenvalue weighted by Gasteiger charge is -2.19. The van der Waals surface area contributed by atoms with Gasteiger partial charge in [0.05, 0.1) is 17.8 Å². The van der Waals surface area contributed by atoms with Crippen molar-refractivity contribution in [3.05, 3.63) is 65.0 Å². The first kappa shape index (κ1) is 15.8. The highest BCUT2D eigenvalue weighted by Crippen LogP contribution is 2.47. The van der Waals surface area contributed by atoms with Crippen molar-refractivity contribution in [2.75, 3.05) is 6.54 Å². The number of guanidine groups is 1. The lowest BCUT2D eigenvalue weighted by atomic mass is 10.0. The van der Waals surface area contributed by atoms with Gasteiger partial charge in [-0.25, -0.2) is 13.8 Å². The van der Waals surface area contributed by atoms with Crippen molar-refractivity contribution in [2.45, 2.75) is 18.4 Å². The number of pyridine rings is 1. The van der Waals surface area contributed by atoms with Crippen LogP contribution in [0, 0.1) is 23.5 Å². The van der Waals surface area contributed by atoms with Gasteiger partial charge in [0, 0.05) is 23.5 Å².